The molecule has 0 heterocycles. The predicted molar refractivity (Wildman–Crippen MR) is 68.9 cm³/mol. The number of unbranched alkanes of at least 4 members (excludes halogenated alkanes) is 1. The molecule has 0 aliphatic carbocycles. The van der Waals surface area contributed by atoms with Crippen molar-refractivity contribution in [3.63, 3.8) is 0 Å². The average Bonchev–Trinajstić information content (AvgIpc) is 2.29. The molecular formula is C12H12BrFN2O. The molecule has 0 spiro atoms. The van der Waals surface area contributed by atoms with Crippen LogP contribution >= 0.6 is 15.9 Å². The molecule has 0 bridgehead atoms. The summed E-state index contributed by atoms with van der Waals surface area (Å²) in [5.74, 6) is 1.62. The number of halogens is 2. The molecule has 17 heavy (non-hydrogen) atoms. The SMILES string of the molecule is C#CCCCNC(=O)c1cc(N)c(F)cc1Br. The molecule has 1 aromatic carbocycles. The van der Waals surface area contributed by atoms with Gasteiger partial charge in [0.15, 0.2) is 0 Å². The van der Waals surface area contributed by atoms with Crippen LogP contribution < -0.4 is 11.1 Å². The molecule has 0 saturated carbocycles. The lowest BCUT2D eigenvalue weighted by Crippen LogP contribution is -2.25. The highest BCUT2D eigenvalue weighted by atomic mass is 79.9. The van der Waals surface area contributed by atoms with Gasteiger partial charge in [0.1, 0.15) is 5.82 Å². The largest absolute Gasteiger partial charge is 0.396 e. The van der Waals surface area contributed by atoms with Crippen LogP contribution in [-0.2, 0) is 0 Å². The predicted octanol–water partition coefficient (Wildman–Crippen LogP) is 2.31. The van der Waals surface area contributed by atoms with Crippen molar-refractivity contribution < 1.29 is 9.18 Å². The molecule has 0 fully saturated rings. The number of nitrogens with two attached hydrogens (primary N) is 1. The van der Waals surface area contributed by atoms with Gasteiger partial charge in [0, 0.05) is 17.4 Å². The van der Waals surface area contributed by atoms with Gasteiger partial charge in [-0.3, -0.25) is 4.79 Å². The van der Waals surface area contributed by atoms with Crippen molar-refractivity contribution in [1.82, 2.24) is 5.32 Å². The first-order chi connectivity index (χ1) is 8.06. The summed E-state index contributed by atoms with van der Waals surface area (Å²) in [7, 11) is 0. The zero-order valence-corrected chi connectivity index (χ0v) is 10.7. The second-order valence-electron chi connectivity index (χ2n) is 3.42. The highest BCUT2D eigenvalue weighted by molar-refractivity contribution is 9.10. The maximum absolute atomic E-state index is 13.1. The van der Waals surface area contributed by atoms with E-state index in [0.717, 1.165) is 0 Å². The Balaban J connectivity index is 2.70. The quantitative estimate of drug-likeness (QED) is 0.509. The number of hydrogen-bond donors (Lipinski definition) is 2. The fraction of sp³-hybridized carbons (Fsp3) is 0.250. The lowest BCUT2D eigenvalue weighted by molar-refractivity contribution is 0.0952. The number of carbonyl (C=O) groups excluding carboxylic acids is 1. The fourth-order valence-electron chi connectivity index (χ4n) is 1.23. The van der Waals surface area contributed by atoms with E-state index in [1.807, 2.05) is 0 Å². The Morgan fingerprint density at radius 1 is 1.59 bits per heavy atom. The summed E-state index contributed by atoms with van der Waals surface area (Å²) in [6.07, 6.45) is 6.40. The summed E-state index contributed by atoms with van der Waals surface area (Å²) in [6.45, 7) is 0.479. The highest BCUT2D eigenvalue weighted by Gasteiger charge is 2.12. The maximum atomic E-state index is 13.1. The number of carbonyl (C=O) groups is 1. The number of amides is 1. The zero-order valence-electron chi connectivity index (χ0n) is 9.09. The van der Waals surface area contributed by atoms with Gasteiger partial charge in [0.25, 0.3) is 5.91 Å². The number of benzene rings is 1. The summed E-state index contributed by atoms with van der Waals surface area (Å²) in [6, 6.07) is 2.47. The number of nitrogens with one attached hydrogen (secondary N) is 1. The smallest absolute Gasteiger partial charge is 0.252 e. The van der Waals surface area contributed by atoms with Crippen molar-refractivity contribution in [3.8, 4) is 12.3 Å². The molecule has 1 aromatic rings. The second-order valence-corrected chi connectivity index (χ2v) is 4.27. The third-order valence-electron chi connectivity index (χ3n) is 2.11. The van der Waals surface area contributed by atoms with Gasteiger partial charge in [0.05, 0.1) is 11.3 Å². The Hall–Kier alpha value is -1.54. The monoisotopic (exact) mass is 298 g/mol. The number of hydrogen-bond acceptors (Lipinski definition) is 2. The average molecular weight is 299 g/mol. The van der Waals surface area contributed by atoms with Crippen LogP contribution in [0.5, 0.6) is 0 Å². The zero-order chi connectivity index (χ0) is 12.8. The molecule has 90 valence electrons. The van der Waals surface area contributed by atoms with Gasteiger partial charge in [-0.25, -0.2) is 4.39 Å². The molecule has 3 N–H and O–H groups in total. The summed E-state index contributed by atoms with van der Waals surface area (Å²) in [5.41, 5.74) is 5.66. The van der Waals surface area contributed by atoms with Gasteiger partial charge >= 0.3 is 0 Å². The number of anilines is 1. The molecular weight excluding hydrogens is 287 g/mol. The molecule has 0 saturated heterocycles. The second kappa shape index (κ2) is 6.26. The molecule has 3 nitrogen and oxygen atoms in total. The third-order valence-corrected chi connectivity index (χ3v) is 2.77. The first-order valence-electron chi connectivity index (χ1n) is 5.02. The first-order valence-corrected chi connectivity index (χ1v) is 5.81. The Labute approximate surface area is 108 Å². The van der Waals surface area contributed by atoms with Crippen LogP contribution in [0.15, 0.2) is 16.6 Å². The number of terminal acetylenes is 1. The van der Waals surface area contributed by atoms with Crippen LogP contribution in [0, 0.1) is 18.2 Å². The van der Waals surface area contributed by atoms with Gasteiger partial charge in [-0.05, 0) is 34.5 Å². The Bertz CT molecular complexity index is 468. The van der Waals surface area contributed by atoms with Crippen LogP contribution in [0.3, 0.4) is 0 Å². The van der Waals surface area contributed by atoms with E-state index in [0.29, 0.717) is 29.4 Å². The molecule has 0 aliphatic rings. The molecule has 0 atom stereocenters. The van der Waals surface area contributed by atoms with Crippen molar-refractivity contribution in [2.24, 2.45) is 0 Å². The normalized spacial score (nSPS) is 9.71. The van der Waals surface area contributed by atoms with Gasteiger partial charge in [0.2, 0.25) is 0 Å². The van der Waals surface area contributed by atoms with E-state index in [4.69, 9.17) is 12.2 Å². The van der Waals surface area contributed by atoms with Crippen molar-refractivity contribution in [2.45, 2.75) is 12.8 Å². The van der Waals surface area contributed by atoms with Crippen LogP contribution in [-0.4, -0.2) is 12.5 Å². The minimum absolute atomic E-state index is 0.0537. The lowest BCUT2D eigenvalue weighted by Gasteiger charge is -2.07. The first kappa shape index (κ1) is 13.5. The minimum Gasteiger partial charge on any atom is -0.396 e. The molecule has 0 unspecified atom stereocenters. The molecule has 1 rings (SSSR count). The standard InChI is InChI=1S/C12H12BrFN2O/c1-2-3-4-5-16-12(17)8-6-11(15)10(14)7-9(8)13/h1,6-7H,3-5,15H2,(H,16,17). The highest BCUT2D eigenvalue weighted by Crippen LogP contribution is 2.22. The van der Waals surface area contributed by atoms with Gasteiger partial charge in [-0.2, -0.15) is 0 Å². The van der Waals surface area contributed by atoms with E-state index >= 15 is 0 Å². The molecule has 0 aliphatic heterocycles. The van der Waals surface area contributed by atoms with Crippen LogP contribution in [0.4, 0.5) is 10.1 Å². The summed E-state index contributed by atoms with van der Waals surface area (Å²) in [5, 5.41) is 2.68. The van der Waals surface area contributed by atoms with Gasteiger partial charge in [-0.1, -0.05) is 0 Å². The number of nitrogen functional groups attached to an aromatic ring is 1. The fourth-order valence-corrected chi connectivity index (χ4v) is 1.72. The van der Waals surface area contributed by atoms with Crippen molar-refractivity contribution in [1.29, 1.82) is 0 Å². The van der Waals surface area contributed by atoms with Crippen LogP contribution in [0.25, 0.3) is 0 Å². The van der Waals surface area contributed by atoms with Gasteiger partial charge in [-0.15, -0.1) is 12.3 Å². The van der Waals surface area contributed by atoms with E-state index in [2.05, 4.69) is 27.2 Å². The van der Waals surface area contributed by atoms with E-state index in [9.17, 15) is 9.18 Å². The van der Waals surface area contributed by atoms with Crippen molar-refractivity contribution in [3.05, 3.63) is 28.0 Å². The van der Waals surface area contributed by atoms with Crippen molar-refractivity contribution in [2.75, 3.05) is 12.3 Å². The Morgan fingerprint density at radius 3 is 2.94 bits per heavy atom. The molecule has 1 amide bonds. The lowest BCUT2D eigenvalue weighted by atomic mass is 10.2. The Morgan fingerprint density at radius 2 is 2.29 bits per heavy atom. The molecule has 0 aromatic heterocycles. The summed E-state index contributed by atoms with van der Waals surface area (Å²) in [4.78, 5) is 11.7. The summed E-state index contributed by atoms with van der Waals surface area (Å²) >= 11 is 3.12. The molecule has 0 radical (unpaired) electrons. The van der Waals surface area contributed by atoms with Crippen molar-refractivity contribution >= 4 is 27.5 Å². The Kier molecular flexibility index (Phi) is 4.98. The van der Waals surface area contributed by atoms with E-state index < -0.39 is 5.82 Å². The topological polar surface area (TPSA) is 55.1 Å². The maximum Gasteiger partial charge on any atom is 0.252 e. The van der Waals surface area contributed by atoms with E-state index in [1.54, 1.807) is 0 Å². The van der Waals surface area contributed by atoms with E-state index in [1.165, 1.54) is 12.1 Å². The third kappa shape index (κ3) is 3.75. The van der Waals surface area contributed by atoms with Gasteiger partial charge < -0.3 is 11.1 Å². The minimum atomic E-state index is -0.555. The molecule has 5 heteroatoms. The van der Waals surface area contributed by atoms with Crippen LogP contribution in [0.2, 0.25) is 0 Å². The van der Waals surface area contributed by atoms with Crippen LogP contribution in [0.1, 0.15) is 23.2 Å². The summed E-state index contributed by atoms with van der Waals surface area (Å²) < 4.78 is 13.4. The van der Waals surface area contributed by atoms with E-state index in [-0.39, 0.29) is 11.6 Å². The number of rotatable bonds is 4.